The van der Waals surface area contributed by atoms with E-state index in [1.807, 2.05) is 0 Å². The summed E-state index contributed by atoms with van der Waals surface area (Å²) in [6.45, 7) is 9.15. The van der Waals surface area contributed by atoms with Crippen LogP contribution in [-0.4, -0.2) is 26.0 Å². The molecule has 5 aliphatic carbocycles. The smallest absolute Gasteiger partial charge is 0.184 e. The van der Waals surface area contributed by atoms with Gasteiger partial charge in [-0.3, -0.25) is 9.59 Å². The minimum atomic E-state index is -1.64. The molecule has 3 nitrogen and oxygen atoms in total. The zero-order valence-corrected chi connectivity index (χ0v) is 17.9. The maximum Gasteiger partial charge on any atom is 0.184 e. The SMILES string of the molecule is C[C@]12CC[C@H]3[C@@H](CC[C@]45CC(=O)CC[C@]34[C@H]5O[Si](C)(C)C)[C@@H]1CCC2=O. The maximum absolute atomic E-state index is 12.6. The molecule has 0 unspecified atom stereocenters. The number of fused-ring (bicyclic) bond motifs is 3. The van der Waals surface area contributed by atoms with Gasteiger partial charge in [-0.1, -0.05) is 6.92 Å². The first kappa shape index (κ1) is 17.6. The number of Topliss-reactive ketones (excluding diaryl/α,β-unsaturated/α-hetero) is 2. The summed E-state index contributed by atoms with van der Waals surface area (Å²) in [4.78, 5) is 25.0. The summed E-state index contributed by atoms with van der Waals surface area (Å²) in [6, 6.07) is 0. The molecule has 0 aromatic rings. The fraction of sp³-hybridized carbons (Fsp3) is 0.909. The van der Waals surface area contributed by atoms with Crippen LogP contribution in [0.15, 0.2) is 0 Å². The standard InChI is InChI=1S/C22H34O3Si/c1-20-10-9-17-15(16(20)5-6-18(20)24)8-11-21-13-14(23)7-12-22(17,21)19(21)25-26(2,3)4/h15-17,19H,5-13H2,1-4H3/t15-,16-,17-,19-,20-,21+,22+/m0/s1. The molecule has 0 N–H and O–H groups in total. The van der Waals surface area contributed by atoms with Crippen LogP contribution >= 0.6 is 0 Å². The largest absolute Gasteiger partial charge is 0.414 e. The quantitative estimate of drug-likeness (QED) is 0.655. The molecule has 5 saturated carbocycles. The average molecular weight is 375 g/mol. The predicted molar refractivity (Wildman–Crippen MR) is 103 cm³/mol. The topological polar surface area (TPSA) is 43.4 Å². The van der Waals surface area contributed by atoms with Crippen LogP contribution < -0.4 is 0 Å². The molecule has 0 aliphatic heterocycles. The molecule has 5 fully saturated rings. The normalized spacial score (nSPS) is 52.8. The van der Waals surface area contributed by atoms with Crippen LogP contribution in [0.5, 0.6) is 0 Å². The molecule has 0 radical (unpaired) electrons. The Hall–Kier alpha value is -0.483. The Labute approximate surface area is 158 Å². The van der Waals surface area contributed by atoms with Crippen molar-refractivity contribution >= 4 is 19.9 Å². The predicted octanol–water partition coefficient (Wildman–Crippen LogP) is 4.75. The van der Waals surface area contributed by atoms with E-state index in [0.29, 0.717) is 35.4 Å². The van der Waals surface area contributed by atoms with E-state index >= 15 is 0 Å². The van der Waals surface area contributed by atoms with Crippen LogP contribution in [0.2, 0.25) is 19.6 Å². The zero-order chi connectivity index (χ0) is 18.5. The van der Waals surface area contributed by atoms with Crippen molar-refractivity contribution in [2.24, 2.45) is 34.0 Å². The molecule has 0 amide bonds. The summed E-state index contributed by atoms with van der Waals surface area (Å²) >= 11 is 0. The lowest BCUT2D eigenvalue weighted by atomic mass is 9.50. The lowest BCUT2D eigenvalue weighted by Crippen LogP contribution is -2.49. The number of rotatable bonds is 2. The van der Waals surface area contributed by atoms with Gasteiger partial charge < -0.3 is 4.43 Å². The van der Waals surface area contributed by atoms with Crippen molar-refractivity contribution in [2.75, 3.05) is 0 Å². The van der Waals surface area contributed by atoms with E-state index in [-0.39, 0.29) is 16.2 Å². The molecule has 5 rings (SSSR count). The van der Waals surface area contributed by atoms with Crippen LogP contribution in [0.1, 0.15) is 64.7 Å². The van der Waals surface area contributed by atoms with Crippen molar-refractivity contribution in [3.8, 4) is 0 Å². The number of hydrogen-bond acceptors (Lipinski definition) is 3. The van der Waals surface area contributed by atoms with Gasteiger partial charge in [0.1, 0.15) is 11.6 Å². The van der Waals surface area contributed by atoms with Gasteiger partial charge in [-0.15, -0.1) is 0 Å². The first-order valence-electron chi connectivity index (χ1n) is 10.9. The van der Waals surface area contributed by atoms with Gasteiger partial charge in [-0.2, -0.15) is 0 Å². The Balaban J connectivity index is 1.52. The molecule has 0 aromatic carbocycles. The van der Waals surface area contributed by atoms with Crippen molar-refractivity contribution in [1.82, 2.24) is 0 Å². The first-order valence-corrected chi connectivity index (χ1v) is 14.3. The third-order valence-electron chi connectivity index (χ3n) is 9.35. The van der Waals surface area contributed by atoms with E-state index in [1.54, 1.807) is 0 Å². The Morgan fingerprint density at radius 2 is 1.73 bits per heavy atom. The van der Waals surface area contributed by atoms with Crippen molar-refractivity contribution in [3.05, 3.63) is 0 Å². The molecule has 0 spiro atoms. The number of ketones is 2. The molecule has 0 heterocycles. The Bertz CT molecular complexity index is 681. The number of hydrogen-bond donors (Lipinski definition) is 0. The molecule has 144 valence electrons. The lowest BCUT2D eigenvalue weighted by Gasteiger charge is -2.53. The molecule has 5 aliphatic rings. The highest BCUT2D eigenvalue weighted by molar-refractivity contribution is 6.69. The van der Waals surface area contributed by atoms with Crippen molar-refractivity contribution in [2.45, 2.75) is 90.5 Å². The van der Waals surface area contributed by atoms with Gasteiger partial charge in [0.05, 0.1) is 6.10 Å². The summed E-state index contributed by atoms with van der Waals surface area (Å²) < 4.78 is 6.80. The highest BCUT2D eigenvalue weighted by Gasteiger charge is 2.83. The third-order valence-corrected chi connectivity index (χ3v) is 10.3. The molecule has 4 heteroatoms. The second kappa shape index (κ2) is 5.11. The molecular weight excluding hydrogens is 340 g/mol. The molecule has 0 bridgehead atoms. The van der Waals surface area contributed by atoms with Crippen LogP contribution in [0.4, 0.5) is 0 Å². The molecular formula is C22H34O3Si. The summed E-state index contributed by atoms with van der Waals surface area (Å²) in [7, 11) is -1.64. The van der Waals surface area contributed by atoms with Gasteiger partial charge in [-0.25, -0.2) is 0 Å². The minimum absolute atomic E-state index is 0.0493. The Morgan fingerprint density at radius 1 is 0.962 bits per heavy atom. The van der Waals surface area contributed by atoms with Crippen molar-refractivity contribution in [3.63, 3.8) is 0 Å². The van der Waals surface area contributed by atoms with E-state index in [4.69, 9.17) is 4.43 Å². The minimum Gasteiger partial charge on any atom is -0.414 e. The van der Waals surface area contributed by atoms with Gasteiger partial charge in [0.15, 0.2) is 8.32 Å². The molecule has 26 heavy (non-hydrogen) atoms. The summed E-state index contributed by atoms with van der Waals surface area (Å²) in [5.74, 6) is 2.97. The summed E-state index contributed by atoms with van der Waals surface area (Å²) in [5, 5.41) is 0. The van der Waals surface area contributed by atoms with Gasteiger partial charge in [0.25, 0.3) is 0 Å². The summed E-state index contributed by atoms with van der Waals surface area (Å²) in [6.07, 6.45) is 9.46. The van der Waals surface area contributed by atoms with E-state index < -0.39 is 8.32 Å². The van der Waals surface area contributed by atoms with E-state index in [1.165, 1.54) is 12.8 Å². The summed E-state index contributed by atoms with van der Waals surface area (Å²) in [5.41, 5.74) is 0.365. The number of carbonyl (C=O) groups excluding carboxylic acids is 2. The van der Waals surface area contributed by atoms with Crippen LogP contribution in [0.25, 0.3) is 0 Å². The van der Waals surface area contributed by atoms with Gasteiger partial charge >= 0.3 is 0 Å². The molecule has 0 saturated heterocycles. The third kappa shape index (κ3) is 1.98. The van der Waals surface area contributed by atoms with E-state index in [0.717, 1.165) is 44.9 Å². The van der Waals surface area contributed by atoms with Gasteiger partial charge in [-0.05, 0) is 75.9 Å². The van der Waals surface area contributed by atoms with Crippen LogP contribution in [0.3, 0.4) is 0 Å². The molecule has 0 aromatic heterocycles. The van der Waals surface area contributed by atoms with Crippen LogP contribution in [-0.2, 0) is 14.0 Å². The number of carbonyl (C=O) groups is 2. The zero-order valence-electron chi connectivity index (χ0n) is 16.9. The average Bonchev–Trinajstić information content (AvgIpc) is 2.98. The van der Waals surface area contributed by atoms with Crippen molar-refractivity contribution in [1.29, 1.82) is 0 Å². The van der Waals surface area contributed by atoms with E-state index in [2.05, 4.69) is 26.6 Å². The van der Waals surface area contributed by atoms with E-state index in [9.17, 15) is 9.59 Å². The van der Waals surface area contributed by atoms with Gasteiger partial charge in [0, 0.05) is 35.5 Å². The fourth-order valence-electron chi connectivity index (χ4n) is 8.37. The second-order valence-electron chi connectivity index (χ2n) is 11.4. The monoisotopic (exact) mass is 374 g/mol. The van der Waals surface area contributed by atoms with Crippen molar-refractivity contribution < 1.29 is 14.0 Å². The first-order chi connectivity index (χ1) is 12.1. The Kier molecular flexibility index (Phi) is 3.46. The Morgan fingerprint density at radius 3 is 2.46 bits per heavy atom. The highest BCUT2D eigenvalue weighted by Crippen LogP contribution is 2.83. The van der Waals surface area contributed by atoms with Crippen LogP contribution in [0, 0.1) is 34.0 Å². The lowest BCUT2D eigenvalue weighted by molar-refractivity contribution is -0.134. The van der Waals surface area contributed by atoms with Gasteiger partial charge in [0.2, 0.25) is 0 Å². The second-order valence-corrected chi connectivity index (χ2v) is 15.8. The maximum atomic E-state index is 12.6. The fourth-order valence-corrected chi connectivity index (χ4v) is 9.51. The molecule has 7 atom stereocenters. The highest BCUT2D eigenvalue weighted by atomic mass is 28.4.